The van der Waals surface area contributed by atoms with E-state index < -0.39 is 0 Å². The van der Waals surface area contributed by atoms with Crippen molar-refractivity contribution in [3.05, 3.63) is 34.3 Å². The average Bonchev–Trinajstić information content (AvgIpc) is 2.26. The fraction of sp³-hybridized carbons (Fsp3) is 0.462. The number of ketones is 1. The molecule has 0 unspecified atom stereocenters. The van der Waals surface area contributed by atoms with Gasteiger partial charge < -0.3 is 4.74 Å². The second-order valence-electron chi connectivity index (χ2n) is 4.34. The number of halogens is 1. The summed E-state index contributed by atoms with van der Waals surface area (Å²) in [6.45, 7) is 6.16. The Bertz CT molecular complexity index is 372. The van der Waals surface area contributed by atoms with Crippen molar-refractivity contribution in [2.45, 2.75) is 32.8 Å². The number of carbonyl (C=O) groups excluding carboxylic acids is 1. The first-order chi connectivity index (χ1) is 7.44. The second-order valence-corrected chi connectivity index (χ2v) is 5.25. The Morgan fingerprint density at radius 2 is 2.12 bits per heavy atom. The van der Waals surface area contributed by atoms with Crippen molar-refractivity contribution >= 4 is 21.7 Å². The van der Waals surface area contributed by atoms with Crippen LogP contribution in [0.1, 0.15) is 37.6 Å². The molecule has 0 saturated carbocycles. The van der Waals surface area contributed by atoms with Gasteiger partial charge in [-0.1, -0.05) is 35.0 Å². The standard InChI is InChI=1S/C13H17BrO2/c1-4-13(2,3)16-9-12(15)10-6-5-7-11(14)8-10/h5-8H,4,9H2,1-3H3. The second kappa shape index (κ2) is 5.60. The zero-order chi connectivity index (χ0) is 12.2. The van der Waals surface area contributed by atoms with Gasteiger partial charge in [0.1, 0.15) is 6.61 Å². The average molecular weight is 285 g/mol. The summed E-state index contributed by atoms with van der Waals surface area (Å²) in [7, 11) is 0. The predicted octanol–water partition coefficient (Wildman–Crippen LogP) is 3.84. The number of hydrogen-bond acceptors (Lipinski definition) is 2. The van der Waals surface area contributed by atoms with Gasteiger partial charge in [0.15, 0.2) is 5.78 Å². The number of rotatable bonds is 5. The highest BCUT2D eigenvalue weighted by Gasteiger charge is 2.17. The molecule has 0 amide bonds. The van der Waals surface area contributed by atoms with Crippen LogP contribution in [-0.4, -0.2) is 18.0 Å². The summed E-state index contributed by atoms with van der Waals surface area (Å²) in [6, 6.07) is 7.36. The molecule has 1 aromatic carbocycles. The summed E-state index contributed by atoms with van der Waals surface area (Å²) in [5, 5.41) is 0. The van der Waals surface area contributed by atoms with Crippen LogP contribution in [0.15, 0.2) is 28.7 Å². The summed E-state index contributed by atoms with van der Waals surface area (Å²) in [4.78, 5) is 11.8. The van der Waals surface area contributed by atoms with Crippen LogP contribution in [0.2, 0.25) is 0 Å². The summed E-state index contributed by atoms with van der Waals surface area (Å²) in [6.07, 6.45) is 0.888. The van der Waals surface area contributed by atoms with Gasteiger partial charge in [-0.15, -0.1) is 0 Å². The maximum atomic E-state index is 11.8. The third-order valence-electron chi connectivity index (χ3n) is 2.59. The molecule has 0 N–H and O–H groups in total. The molecule has 0 fully saturated rings. The van der Waals surface area contributed by atoms with E-state index in [1.807, 2.05) is 39.0 Å². The topological polar surface area (TPSA) is 26.3 Å². The lowest BCUT2D eigenvalue weighted by molar-refractivity contribution is -0.0122. The van der Waals surface area contributed by atoms with Gasteiger partial charge in [0.05, 0.1) is 5.60 Å². The first-order valence-corrected chi connectivity index (χ1v) is 6.16. The molecule has 1 aromatic rings. The molecule has 0 aliphatic carbocycles. The lowest BCUT2D eigenvalue weighted by Crippen LogP contribution is -2.26. The van der Waals surface area contributed by atoms with Gasteiger partial charge in [-0.25, -0.2) is 0 Å². The molecule has 88 valence electrons. The quantitative estimate of drug-likeness (QED) is 0.768. The van der Waals surface area contributed by atoms with Crippen molar-refractivity contribution in [1.82, 2.24) is 0 Å². The van der Waals surface area contributed by atoms with Gasteiger partial charge in [0, 0.05) is 10.0 Å². The van der Waals surface area contributed by atoms with E-state index in [2.05, 4.69) is 15.9 Å². The molecule has 0 aromatic heterocycles. The minimum absolute atomic E-state index is 0.0165. The minimum atomic E-state index is -0.234. The van der Waals surface area contributed by atoms with E-state index in [0.29, 0.717) is 5.56 Å². The summed E-state index contributed by atoms with van der Waals surface area (Å²) in [5.41, 5.74) is 0.447. The third kappa shape index (κ3) is 4.06. The number of benzene rings is 1. The smallest absolute Gasteiger partial charge is 0.188 e. The molecule has 0 aliphatic rings. The van der Waals surface area contributed by atoms with Gasteiger partial charge in [-0.2, -0.15) is 0 Å². The van der Waals surface area contributed by atoms with Crippen molar-refractivity contribution in [1.29, 1.82) is 0 Å². The SMILES string of the molecule is CCC(C)(C)OCC(=O)c1cccc(Br)c1. The molecule has 2 nitrogen and oxygen atoms in total. The maximum Gasteiger partial charge on any atom is 0.188 e. The van der Waals surface area contributed by atoms with Gasteiger partial charge in [-0.05, 0) is 32.4 Å². The lowest BCUT2D eigenvalue weighted by Gasteiger charge is -2.22. The molecule has 0 spiro atoms. The predicted molar refractivity (Wildman–Crippen MR) is 68.8 cm³/mol. The van der Waals surface area contributed by atoms with Crippen molar-refractivity contribution in [3.63, 3.8) is 0 Å². The Labute approximate surface area is 105 Å². The normalized spacial score (nSPS) is 11.5. The molecule has 16 heavy (non-hydrogen) atoms. The Morgan fingerprint density at radius 1 is 1.44 bits per heavy atom. The van der Waals surface area contributed by atoms with Crippen LogP contribution in [0.4, 0.5) is 0 Å². The van der Waals surface area contributed by atoms with Crippen molar-refractivity contribution < 1.29 is 9.53 Å². The highest BCUT2D eigenvalue weighted by molar-refractivity contribution is 9.10. The Hall–Kier alpha value is -0.670. The van der Waals surface area contributed by atoms with Crippen LogP contribution < -0.4 is 0 Å². The van der Waals surface area contributed by atoms with Gasteiger partial charge in [0.2, 0.25) is 0 Å². The first-order valence-electron chi connectivity index (χ1n) is 5.37. The maximum absolute atomic E-state index is 11.8. The van der Waals surface area contributed by atoms with Crippen LogP contribution in [0.3, 0.4) is 0 Å². The van der Waals surface area contributed by atoms with Crippen molar-refractivity contribution in [2.24, 2.45) is 0 Å². The molecule has 3 heteroatoms. The number of Topliss-reactive ketones (excluding diaryl/α,β-unsaturated/α-hetero) is 1. The third-order valence-corrected chi connectivity index (χ3v) is 3.09. The molecule has 0 atom stereocenters. The molecule has 1 rings (SSSR count). The number of ether oxygens (including phenoxy) is 1. The monoisotopic (exact) mass is 284 g/mol. The summed E-state index contributed by atoms with van der Waals surface area (Å²) < 4.78 is 6.48. The molecular weight excluding hydrogens is 268 g/mol. The van der Waals surface area contributed by atoms with E-state index in [-0.39, 0.29) is 18.0 Å². The number of hydrogen-bond donors (Lipinski definition) is 0. The van der Waals surface area contributed by atoms with E-state index in [0.717, 1.165) is 10.9 Å². The highest BCUT2D eigenvalue weighted by Crippen LogP contribution is 2.16. The zero-order valence-electron chi connectivity index (χ0n) is 9.92. The van der Waals surface area contributed by atoms with Crippen molar-refractivity contribution in [3.8, 4) is 0 Å². The molecule has 0 saturated heterocycles. The summed E-state index contributed by atoms with van der Waals surface area (Å²) >= 11 is 3.34. The highest BCUT2D eigenvalue weighted by atomic mass is 79.9. The van der Waals surface area contributed by atoms with E-state index >= 15 is 0 Å². The van der Waals surface area contributed by atoms with Crippen LogP contribution in [0, 0.1) is 0 Å². The fourth-order valence-electron chi connectivity index (χ4n) is 1.11. The lowest BCUT2D eigenvalue weighted by atomic mass is 10.1. The van der Waals surface area contributed by atoms with Crippen LogP contribution >= 0.6 is 15.9 Å². The van der Waals surface area contributed by atoms with Crippen molar-refractivity contribution in [2.75, 3.05) is 6.61 Å². The molecule has 0 aliphatic heterocycles. The van der Waals surface area contributed by atoms with E-state index in [4.69, 9.17) is 4.74 Å². The van der Waals surface area contributed by atoms with Gasteiger partial charge in [0.25, 0.3) is 0 Å². The summed E-state index contributed by atoms with van der Waals surface area (Å²) in [5.74, 6) is 0.0165. The van der Waals surface area contributed by atoms with Gasteiger partial charge >= 0.3 is 0 Å². The van der Waals surface area contributed by atoms with Gasteiger partial charge in [-0.3, -0.25) is 4.79 Å². The zero-order valence-corrected chi connectivity index (χ0v) is 11.5. The molecular formula is C13H17BrO2. The molecule has 0 heterocycles. The van der Waals surface area contributed by atoms with Crippen LogP contribution in [0.5, 0.6) is 0 Å². The van der Waals surface area contributed by atoms with Crippen LogP contribution in [-0.2, 0) is 4.74 Å². The number of carbonyl (C=O) groups is 1. The Morgan fingerprint density at radius 3 is 2.69 bits per heavy atom. The van der Waals surface area contributed by atoms with E-state index in [1.165, 1.54) is 0 Å². The Balaban J connectivity index is 2.60. The molecule has 0 radical (unpaired) electrons. The largest absolute Gasteiger partial charge is 0.367 e. The van der Waals surface area contributed by atoms with Crippen LogP contribution in [0.25, 0.3) is 0 Å². The fourth-order valence-corrected chi connectivity index (χ4v) is 1.51. The van der Waals surface area contributed by atoms with E-state index in [1.54, 1.807) is 6.07 Å². The minimum Gasteiger partial charge on any atom is -0.367 e. The Kier molecular flexibility index (Phi) is 4.69. The first kappa shape index (κ1) is 13.4. The molecule has 0 bridgehead atoms. The van der Waals surface area contributed by atoms with E-state index in [9.17, 15) is 4.79 Å².